The van der Waals surface area contributed by atoms with Crippen LogP contribution in [0.15, 0.2) is 11.4 Å². The van der Waals surface area contributed by atoms with Crippen molar-refractivity contribution in [1.29, 1.82) is 5.26 Å². The Balaban J connectivity index is 2.89. The predicted molar refractivity (Wildman–Crippen MR) is 69.7 cm³/mol. The molecule has 1 aromatic rings. The van der Waals surface area contributed by atoms with E-state index in [4.69, 9.17) is 11.0 Å². The maximum atomic E-state index is 12.2. The summed E-state index contributed by atoms with van der Waals surface area (Å²) in [5.74, 6) is -0.0936. The van der Waals surface area contributed by atoms with Crippen LogP contribution >= 0.6 is 11.3 Å². The number of amides is 1. The fourth-order valence-corrected chi connectivity index (χ4v) is 2.41. The minimum absolute atomic E-state index is 0.0936. The number of rotatable bonds is 5. The molecule has 1 rings (SSSR count). The molecule has 1 amide bonds. The monoisotopic (exact) mass is 251 g/mol. The van der Waals surface area contributed by atoms with Crippen LogP contribution in [0.2, 0.25) is 0 Å². The number of hydrogen-bond donors (Lipinski definition) is 2. The lowest BCUT2D eigenvalue weighted by atomic mass is 9.81. The average Bonchev–Trinajstić information content (AvgIpc) is 2.79. The Hall–Kier alpha value is -1.38. The van der Waals surface area contributed by atoms with Gasteiger partial charge >= 0.3 is 0 Å². The molecule has 4 nitrogen and oxygen atoms in total. The van der Waals surface area contributed by atoms with Crippen molar-refractivity contribution >= 4 is 22.2 Å². The van der Waals surface area contributed by atoms with Crippen molar-refractivity contribution in [2.75, 3.05) is 11.9 Å². The van der Waals surface area contributed by atoms with E-state index >= 15 is 0 Å². The lowest BCUT2D eigenvalue weighted by Gasteiger charge is -2.28. The molecule has 3 N–H and O–H groups in total. The summed E-state index contributed by atoms with van der Waals surface area (Å²) >= 11 is 1.35. The fraction of sp³-hybridized carbons (Fsp3) is 0.500. The van der Waals surface area contributed by atoms with E-state index in [1.807, 2.05) is 13.8 Å². The predicted octanol–water partition coefficient (Wildman–Crippen LogP) is 2.32. The summed E-state index contributed by atoms with van der Waals surface area (Å²) in [7, 11) is 0. The molecule has 0 aromatic carbocycles. The van der Waals surface area contributed by atoms with Gasteiger partial charge in [0.2, 0.25) is 5.91 Å². The van der Waals surface area contributed by atoms with Gasteiger partial charge in [0.15, 0.2) is 0 Å². The van der Waals surface area contributed by atoms with Gasteiger partial charge in [0, 0.05) is 6.54 Å². The molecule has 0 radical (unpaired) electrons. The molecule has 0 saturated heterocycles. The highest BCUT2D eigenvalue weighted by Crippen LogP contribution is 2.29. The number of nitrogens with one attached hydrogen (secondary N) is 1. The third-order valence-electron chi connectivity index (χ3n) is 3.24. The van der Waals surface area contributed by atoms with E-state index in [9.17, 15) is 4.79 Å². The van der Waals surface area contributed by atoms with Gasteiger partial charge < -0.3 is 11.1 Å². The van der Waals surface area contributed by atoms with Crippen LogP contribution in [-0.4, -0.2) is 12.5 Å². The Morgan fingerprint density at radius 2 is 2.24 bits per heavy atom. The third kappa shape index (κ3) is 2.65. The third-order valence-corrected chi connectivity index (χ3v) is 4.07. The number of nitriles is 1. The molecule has 0 spiro atoms. The highest BCUT2D eigenvalue weighted by Gasteiger charge is 2.33. The first-order valence-corrected chi connectivity index (χ1v) is 6.50. The molecule has 92 valence electrons. The van der Waals surface area contributed by atoms with E-state index in [2.05, 4.69) is 11.4 Å². The Labute approximate surface area is 105 Å². The SMILES string of the molecule is CCC(CC)(CN)C(=O)Nc1sccc1C#N. The lowest BCUT2D eigenvalue weighted by molar-refractivity contribution is -0.125. The molecule has 0 saturated carbocycles. The van der Waals surface area contributed by atoms with Gasteiger partial charge in [-0.3, -0.25) is 4.79 Å². The highest BCUT2D eigenvalue weighted by molar-refractivity contribution is 7.14. The number of thiophene rings is 1. The van der Waals surface area contributed by atoms with Crippen molar-refractivity contribution in [2.45, 2.75) is 26.7 Å². The van der Waals surface area contributed by atoms with Gasteiger partial charge in [-0.25, -0.2) is 0 Å². The molecule has 1 aromatic heterocycles. The maximum absolute atomic E-state index is 12.2. The first-order valence-electron chi connectivity index (χ1n) is 5.62. The van der Waals surface area contributed by atoms with E-state index in [1.54, 1.807) is 11.4 Å². The standard InChI is InChI=1S/C12H17N3OS/c1-3-12(4-2,8-14)11(16)15-10-9(7-13)5-6-17-10/h5-6H,3-4,8,14H2,1-2H3,(H,15,16). The van der Waals surface area contributed by atoms with Gasteiger partial charge in [-0.2, -0.15) is 5.26 Å². The number of nitrogens with zero attached hydrogens (tertiary/aromatic N) is 1. The second-order valence-corrected chi connectivity index (χ2v) is 4.84. The lowest BCUT2D eigenvalue weighted by Crippen LogP contribution is -2.41. The summed E-state index contributed by atoms with van der Waals surface area (Å²) in [6.45, 7) is 4.23. The molecule has 1 heterocycles. The minimum Gasteiger partial charge on any atom is -0.329 e. The van der Waals surface area contributed by atoms with E-state index in [-0.39, 0.29) is 5.91 Å². The molecule has 0 fully saturated rings. The average molecular weight is 251 g/mol. The number of anilines is 1. The fourth-order valence-electron chi connectivity index (χ4n) is 1.68. The van der Waals surface area contributed by atoms with Crippen LogP contribution in [0.25, 0.3) is 0 Å². The molecule has 0 aliphatic carbocycles. The summed E-state index contributed by atoms with van der Waals surface area (Å²) in [6.07, 6.45) is 1.39. The number of hydrogen-bond acceptors (Lipinski definition) is 4. The van der Waals surface area contributed by atoms with Gasteiger partial charge in [-0.05, 0) is 24.3 Å². The molecule has 5 heteroatoms. The smallest absolute Gasteiger partial charge is 0.232 e. The zero-order chi connectivity index (χ0) is 12.9. The van der Waals surface area contributed by atoms with Gasteiger partial charge in [0.25, 0.3) is 0 Å². The van der Waals surface area contributed by atoms with Crippen LogP contribution in [0.3, 0.4) is 0 Å². The number of carbonyl (C=O) groups excluding carboxylic acids is 1. The van der Waals surface area contributed by atoms with E-state index in [0.29, 0.717) is 30.0 Å². The van der Waals surface area contributed by atoms with Crippen molar-refractivity contribution < 1.29 is 4.79 Å². The van der Waals surface area contributed by atoms with E-state index in [1.165, 1.54) is 11.3 Å². The molecule has 0 aliphatic rings. The molecular formula is C12H17N3OS. The van der Waals surface area contributed by atoms with Crippen molar-refractivity contribution in [2.24, 2.45) is 11.1 Å². The first-order chi connectivity index (χ1) is 8.13. The van der Waals surface area contributed by atoms with Gasteiger partial charge in [0.1, 0.15) is 11.1 Å². The van der Waals surface area contributed by atoms with Gasteiger partial charge in [0.05, 0.1) is 11.0 Å². The second kappa shape index (κ2) is 5.80. The summed E-state index contributed by atoms with van der Waals surface area (Å²) in [5.41, 5.74) is 5.68. The zero-order valence-corrected chi connectivity index (χ0v) is 10.9. The maximum Gasteiger partial charge on any atom is 0.232 e. The molecule has 17 heavy (non-hydrogen) atoms. The molecule has 0 atom stereocenters. The summed E-state index contributed by atoms with van der Waals surface area (Å²) in [5, 5.41) is 14.1. The summed E-state index contributed by atoms with van der Waals surface area (Å²) in [6, 6.07) is 3.75. The Kier molecular flexibility index (Phi) is 4.67. The van der Waals surface area contributed by atoms with Crippen molar-refractivity contribution in [3.05, 3.63) is 17.0 Å². The molecular weight excluding hydrogens is 234 g/mol. The Bertz CT molecular complexity index is 421. The molecule has 0 unspecified atom stereocenters. The van der Waals surface area contributed by atoms with Gasteiger partial charge in [-0.1, -0.05) is 13.8 Å². The Morgan fingerprint density at radius 1 is 1.59 bits per heavy atom. The number of nitrogens with two attached hydrogens (primary N) is 1. The van der Waals surface area contributed by atoms with Crippen molar-refractivity contribution in [1.82, 2.24) is 0 Å². The van der Waals surface area contributed by atoms with Crippen molar-refractivity contribution in [3.8, 4) is 6.07 Å². The van der Waals surface area contributed by atoms with Crippen molar-refractivity contribution in [3.63, 3.8) is 0 Å². The number of carbonyl (C=O) groups is 1. The first kappa shape index (κ1) is 13.7. The van der Waals surface area contributed by atoms with Crippen LogP contribution in [-0.2, 0) is 4.79 Å². The topological polar surface area (TPSA) is 78.9 Å². The van der Waals surface area contributed by atoms with Crippen LogP contribution < -0.4 is 11.1 Å². The second-order valence-electron chi connectivity index (χ2n) is 3.92. The summed E-state index contributed by atoms with van der Waals surface area (Å²) < 4.78 is 0. The van der Waals surface area contributed by atoms with Gasteiger partial charge in [-0.15, -0.1) is 11.3 Å². The molecule has 0 bridgehead atoms. The van der Waals surface area contributed by atoms with Crippen LogP contribution in [0.5, 0.6) is 0 Å². The van der Waals surface area contributed by atoms with E-state index < -0.39 is 5.41 Å². The summed E-state index contributed by atoms with van der Waals surface area (Å²) in [4.78, 5) is 12.2. The quantitative estimate of drug-likeness (QED) is 0.843. The Morgan fingerprint density at radius 3 is 2.71 bits per heavy atom. The largest absolute Gasteiger partial charge is 0.329 e. The van der Waals surface area contributed by atoms with Crippen LogP contribution in [0, 0.1) is 16.7 Å². The normalized spacial score (nSPS) is 10.9. The minimum atomic E-state index is -0.531. The molecule has 0 aliphatic heterocycles. The van der Waals surface area contributed by atoms with Crippen LogP contribution in [0.1, 0.15) is 32.3 Å². The zero-order valence-electron chi connectivity index (χ0n) is 10.1. The van der Waals surface area contributed by atoms with Crippen LogP contribution in [0.4, 0.5) is 5.00 Å². The highest BCUT2D eigenvalue weighted by atomic mass is 32.1. The van der Waals surface area contributed by atoms with E-state index in [0.717, 1.165) is 0 Å².